The van der Waals surface area contributed by atoms with Crippen molar-refractivity contribution < 1.29 is 9.59 Å². The van der Waals surface area contributed by atoms with Crippen LogP contribution < -0.4 is 42.1 Å². The lowest BCUT2D eigenvalue weighted by Gasteiger charge is -2.38. The molecule has 1 aromatic rings. The number of hydrogen-bond acceptors (Lipinski definition) is 9. The van der Waals surface area contributed by atoms with Gasteiger partial charge in [-0.3, -0.25) is 9.59 Å². The average molecular weight is 527 g/mol. The monoisotopic (exact) mass is 526 g/mol. The van der Waals surface area contributed by atoms with Crippen LogP contribution in [0.4, 0.5) is 5.69 Å². The summed E-state index contributed by atoms with van der Waals surface area (Å²) in [5, 5.41) is 26.1. The van der Waals surface area contributed by atoms with Gasteiger partial charge in [0.05, 0.1) is 11.2 Å². The molecule has 0 aromatic heterocycles. The topological polar surface area (TPSA) is 122 Å². The third kappa shape index (κ3) is 7.92. The normalized spacial score (nSPS) is 28.4. The van der Waals surface area contributed by atoms with E-state index in [-0.39, 0.29) is 22.8 Å². The summed E-state index contributed by atoms with van der Waals surface area (Å²) >= 11 is 0. The largest absolute Gasteiger partial charge is 0.315 e. The number of nitrogens with one attached hydrogen (secondary N) is 7. The van der Waals surface area contributed by atoms with E-state index < -0.39 is 0 Å². The molecule has 0 atom stereocenters. The molecule has 3 saturated heterocycles. The van der Waals surface area contributed by atoms with Gasteiger partial charge in [-0.2, -0.15) is 0 Å². The highest BCUT2D eigenvalue weighted by Crippen LogP contribution is 2.22. The minimum absolute atomic E-state index is 0.191. The van der Waals surface area contributed by atoms with Gasteiger partial charge in [-0.15, -0.1) is 0 Å². The Hall–Kier alpha value is -2.18. The van der Waals surface area contributed by atoms with Crippen LogP contribution in [0.2, 0.25) is 0 Å². The first-order valence-corrected chi connectivity index (χ1v) is 14.2. The van der Waals surface area contributed by atoms with E-state index in [4.69, 9.17) is 0 Å². The van der Waals surface area contributed by atoms with Crippen molar-refractivity contribution in [3.05, 3.63) is 42.0 Å². The minimum Gasteiger partial charge on any atom is -0.315 e. The standard InChI is InChI=1S/C28H46N8O2/c1-2-9-27-17-29-10-13-32-20-28(21-33-14-11-30-18-27,22-34-15-12-31-19-27)35-16-23-3-5-24(6-4-23)36-25(37)7-8-26(36)38/h3-8,29-35H,2,9-22H2,1H3. The van der Waals surface area contributed by atoms with E-state index in [0.717, 1.165) is 84.1 Å². The van der Waals surface area contributed by atoms with Crippen molar-refractivity contribution in [3.8, 4) is 0 Å². The van der Waals surface area contributed by atoms with Crippen molar-refractivity contribution in [2.24, 2.45) is 5.41 Å². The fourth-order valence-corrected chi connectivity index (χ4v) is 5.64. The molecule has 4 aliphatic rings. The molecule has 0 radical (unpaired) electrons. The summed E-state index contributed by atoms with van der Waals surface area (Å²) in [5.41, 5.74) is 1.73. The molecule has 2 bridgehead atoms. The van der Waals surface area contributed by atoms with Gasteiger partial charge in [0.2, 0.25) is 0 Å². The smallest absolute Gasteiger partial charge is 0.258 e. The quantitative estimate of drug-likeness (QED) is 0.241. The number of carbonyl (C=O) groups is 2. The van der Waals surface area contributed by atoms with Crippen LogP contribution in [0.25, 0.3) is 0 Å². The van der Waals surface area contributed by atoms with Gasteiger partial charge in [-0.05, 0) is 24.1 Å². The second-order valence-corrected chi connectivity index (χ2v) is 11.0. The summed E-state index contributed by atoms with van der Waals surface area (Å²) in [6.07, 6.45) is 5.01. The molecule has 0 spiro atoms. The highest BCUT2D eigenvalue weighted by molar-refractivity contribution is 6.28. The van der Waals surface area contributed by atoms with Crippen molar-refractivity contribution in [2.45, 2.75) is 31.8 Å². The van der Waals surface area contributed by atoms with E-state index >= 15 is 0 Å². The minimum atomic E-state index is -0.294. The molecule has 0 saturated carbocycles. The fraction of sp³-hybridized carbons (Fsp3) is 0.643. The first-order chi connectivity index (χ1) is 18.5. The first-order valence-electron chi connectivity index (χ1n) is 14.2. The van der Waals surface area contributed by atoms with E-state index in [2.05, 4.69) is 44.1 Å². The van der Waals surface area contributed by atoms with E-state index in [9.17, 15) is 9.59 Å². The highest BCUT2D eigenvalue weighted by Gasteiger charge is 2.31. The summed E-state index contributed by atoms with van der Waals surface area (Å²) < 4.78 is 0. The van der Waals surface area contributed by atoms with E-state index in [1.54, 1.807) is 0 Å². The molecule has 10 heteroatoms. The van der Waals surface area contributed by atoms with Gasteiger partial charge in [0.1, 0.15) is 0 Å². The molecular weight excluding hydrogens is 480 g/mol. The zero-order chi connectivity index (χ0) is 26.7. The van der Waals surface area contributed by atoms with Crippen LogP contribution in [0.5, 0.6) is 0 Å². The molecule has 1 aromatic carbocycles. The van der Waals surface area contributed by atoms with Gasteiger partial charge in [0.15, 0.2) is 0 Å². The lowest BCUT2D eigenvalue weighted by atomic mass is 9.82. The van der Waals surface area contributed by atoms with Gasteiger partial charge in [0, 0.05) is 103 Å². The summed E-state index contributed by atoms with van der Waals surface area (Å²) in [6.45, 7) is 14.0. The molecule has 0 aliphatic carbocycles. The number of fused-ring (bicyclic) bond motifs is 15. The number of amides is 2. The number of imide groups is 1. The summed E-state index contributed by atoms with van der Waals surface area (Å²) in [7, 11) is 0. The van der Waals surface area contributed by atoms with Gasteiger partial charge in [0.25, 0.3) is 11.8 Å². The van der Waals surface area contributed by atoms with Crippen molar-refractivity contribution in [1.82, 2.24) is 37.2 Å². The maximum atomic E-state index is 12.0. The number of carbonyl (C=O) groups excluding carboxylic acids is 2. The molecule has 5 rings (SSSR count). The third-order valence-electron chi connectivity index (χ3n) is 7.78. The Morgan fingerprint density at radius 2 is 1.16 bits per heavy atom. The Morgan fingerprint density at radius 1 is 0.711 bits per heavy atom. The molecule has 2 amide bonds. The summed E-state index contributed by atoms with van der Waals surface area (Å²) in [4.78, 5) is 25.2. The molecule has 0 unspecified atom stereocenters. The molecular formula is C28H46N8O2. The molecule has 210 valence electrons. The van der Waals surface area contributed by atoms with Crippen molar-refractivity contribution >= 4 is 17.5 Å². The molecule has 7 N–H and O–H groups in total. The molecule has 3 fully saturated rings. The molecule has 4 aliphatic heterocycles. The lowest BCUT2D eigenvalue weighted by Crippen LogP contribution is -2.64. The third-order valence-corrected chi connectivity index (χ3v) is 7.78. The maximum absolute atomic E-state index is 12.0. The Labute approximate surface area is 227 Å². The zero-order valence-corrected chi connectivity index (χ0v) is 22.8. The Kier molecular flexibility index (Phi) is 10.8. The average Bonchev–Trinajstić information content (AvgIpc) is 3.26. The Morgan fingerprint density at radius 3 is 1.61 bits per heavy atom. The van der Waals surface area contributed by atoms with E-state index in [1.165, 1.54) is 29.9 Å². The van der Waals surface area contributed by atoms with Crippen molar-refractivity contribution in [1.29, 1.82) is 0 Å². The number of benzene rings is 1. The predicted molar refractivity (Wildman–Crippen MR) is 152 cm³/mol. The Balaban J connectivity index is 1.43. The van der Waals surface area contributed by atoms with E-state index in [0.29, 0.717) is 12.2 Å². The van der Waals surface area contributed by atoms with Gasteiger partial charge < -0.3 is 37.2 Å². The maximum Gasteiger partial charge on any atom is 0.258 e. The Bertz CT molecular complexity index is 874. The van der Waals surface area contributed by atoms with Crippen LogP contribution in [-0.2, 0) is 16.1 Å². The van der Waals surface area contributed by atoms with Crippen LogP contribution in [0.1, 0.15) is 25.3 Å². The van der Waals surface area contributed by atoms with Crippen molar-refractivity contribution in [2.75, 3.05) is 83.4 Å². The lowest BCUT2D eigenvalue weighted by molar-refractivity contribution is -0.119. The highest BCUT2D eigenvalue weighted by atomic mass is 16.2. The van der Waals surface area contributed by atoms with Gasteiger partial charge in [-0.25, -0.2) is 4.90 Å². The summed E-state index contributed by atoms with van der Waals surface area (Å²) in [6, 6.07) is 7.65. The zero-order valence-electron chi connectivity index (χ0n) is 22.8. The van der Waals surface area contributed by atoms with Crippen LogP contribution in [0, 0.1) is 5.41 Å². The number of rotatable bonds is 6. The first kappa shape index (κ1) is 28.8. The summed E-state index contributed by atoms with van der Waals surface area (Å²) in [5.74, 6) is -0.589. The second-order valence-electron chi connectivity index (χ2n) is 11.0. The van der Waals surface area contributed by atoms with Crippen LogP contribution >= 0.6 is 0 Å². The SMILES string of the molecule is CCCC12CNCCNCC(NCc3ccc(N4C(=O)C=CC4=O)cc3)(CNCCNC1)CNCCNC2. The number of hydrogen-bond donors (Lipinski definition) is 7. The number of anilines is 1. The van der Waals surface area contributed by atoms with Gasteiger partial charge in [-0.1, -0.05) is 25.5 Å². The number of nitrogens with zero attached hydrogens (tertiary/aromatic N) is 1. The predicted octanol–water partition coefficient (Wildman–Crippen LogP) is -0.704. The van der Waals surface area contributed by atoms with E-state index in [1.807, 2.05) is 24.3 Å². The fourth-order valence-electron chi connectivity index (χ4n) is 5.64. The van der Waals surface area contributed by atoms with Crippen LogP contribution in [0.3, 0.4) is 0 Å². The van der Waals surface area contributed by atoms with Crippen LogP contribution in [-0.4, -0.2) is 95.9 Å². The second kappa shape index (κ2) is 14.3. The molecule has 38 heavy (non-hydrogen) atoms. The van der Waals surface area contributed by atoms with Crippen molar-refractivity contribution in [3.63, 3.8) is 0 Å². The molecule has 10 nitrogen and oxygen atoms in total. The molecule has 4 heterocycles. The van der Waals surface area contributed by atoms with Gasteiger partial charge >= 0.3 is 0 Å². The van der Waals surface area contributed by atoms with Crippen LogP contribution in [0.15, 0.2) is 36.4 Å².